The molecule has 19 heavy (non-hydrogen) atoms. The predicted molar refractivity (Wildman–Crippen MR) is 71.0 cm³/mol. The Kier molecular flexibility index (Phi) is 5.64. The average Bonchev–Trinajstić information content (AvgIpc) is 2.93. The molecular weight excluding hydrogens is 246 g/mol. The topological polar surface area (TPSA) is 49.3 Å². The smallest absolute Gasteiger partial charge is 0.162 e. The van der Waals surface area contributed by atoms with E-state index in [4.69, 9.17) is 25.5 Å². The van der Waals surface area contributed by atoms with Crippen LogP contribution in [0.4, 0.5) is 0 Å². The van der Waals surface area contributed by atoms with Crippen LogP contribution in [0.3, 0.4) is 0 Å². The molecule has 0 bridgehead atoms. The van der Waals surface area contributed by atoms with Crippen LogP contribution < -0.4 is 0 Å². The molecule has 5 heteroatoms. The fourth-order valence-electron chi connectivity index (χ4n) is 2.01. The highest BCUT2D eigenvalue weighted by atomic mass is 16.7. The predicted octanol–water partition coefficient (Wildman–Crippen LogP) is 1.37. The number of nitrogens with zero attached hydrogens (tertiary/aromatic N) is 1. The van der Waals surface area contributed by atoms with Crippen LogP contribution in [0.2, 0.25) is 0 Å². The van der Waals surface area contributed by atoms with Crippen molar-refractivity contribution in [3.63, 3.8) is 0 Å². The lowest BCUT2D eigenvalue weighted by Crippen LogP contribution is -2.44. The Morgan fingerprint density at radius 1 is 1.37 bits per heavy atom. The summed E-state index contributed by atoms with van der Waals surface area (Å²) in [5.74, 6) is 2.49. The fourth-order valence-corrected chi connectivity index (χ4v) is 2.01. The van der Waals surface area contributed by atoms with Gasteiger partial charge in [0.05, 0.1) is 19.8 Å². The van der Waals surface area contributed by atoms with Crippen LogP contribution in [0, 0.1) is 12.3 Å². The Hall–Kier alpha value is -1.09. The van der Waals surface area contributed by atoms with Gasteiger partial charge in [-0.1, -0.05) is 24.4 Å². The fraction of sp³-hybridized carbons (Fsp3) is 0.786. The minimum atomic E-state index is -0.118. The van der Waals surface area contributed by atoms with E-state index in [9.17, 15) is 0 Å². The first-order chi connectivity index (χ1) is 9.33. The summed E-state index contributed by atoms with van der Waals surface area (Å²) in [7, 11) is 0. The average molecular weight is 267 g/mol. The van der Waals surface area contributed by atoms with Gasteiger partial charge in [0.25, 0.3) is 0 Å². The van der Waals surface area contributed by atoms with Gasteiger partial charge in [0, 0.05) is 13.0 Å². The summed E-state index contributed by atoms with van der Waals surface area (Å²) in [6.45, 7) is 4.54. The maximum atomic E-state index is 5.75. The quantitative estimate of drug-likeness (QED) is 0.538. The molecule has 0 saturated carbocycles. The first-order valence-corrected chi connectivity index (χ1v) is 6.83. The molecule has 2 rings (SSSR count). The molecule has 0 aromatic heterocycles. The largest absolute Gasteiger partial charge is 0.388 e. The van der Waals surface area contributed by atoms with E-state index in [-0.39, 0.29) is 18.3 Å². The highest BCUT2D eigenvalue weighted by molar-refractivity contribution is 6.00. The zero-order valence-electron chi connectivity index (χ0n) is 11.3. The van der Waals surface area contributed by atoms with Crippen LogP contribution in [-0.2, 0) is 19.0 Å². The summed E-state index contributed by atoms with van der Waals surface area (Å²) in [4.78, 5) is 5.25. The summed E-state index contributed by atoms with van der Waals surface area (Å²) in [6.07, 6.45) is 7.93. The number of oxime groups is 1. The van der Waals surface area contributed by atoms with Gasteiger partial charge in [0.15, 0.2) is 6.10 Å². The maximum Gasteiger partial charge on any atom is 0.162 e. The molecule has 0 unspecified atom stereocenters. The van der Waals surface area contributed by atoms with Crippen molar-refractivity contribution in [2.24, 2.45) is 5.16 Å². The van der Waals surface area contributed by atoms with Crippen molar-refractivity contribution in [1.82, 2.24) is 0 Å². The number of terminal acetylenes is 1. The molecule has 0 aromatic rings. The van der Waals surface area contributed by atoms with E-state index in [1.54, 1.807) is 0 Å². The number of unbranched alkanes of at least 4 members (excludes halogenated alkanes) is 1. The molecular formula is C14H21NO4. The molecule has 0 aliphatic carbocycles. The van der Waals surface area contributed by atoms with Crippen molar-refractivity contribution >= 4 is 5.71 Å². The Bertz CT molecular complexity index is 342. The standard InChI is InChI=1S/C14H21NO4/c1-3-5-6-16-8-12-9-18-14(10-17-12)13-7-11(4-2)15-19-13/h2,12-14H,3,5-10H2,1H3/t12-,13+,14-/m1/s1. The third-order valence-corrected chi connectivity index (χ3v) is 3.21. The van der Waals surface area contributed by atoms with E-state index in [2.05, 4.69) is 18.0 Å². The molecule has 2 aliphatic rings. The van der Waals surface area contributed by atoms with Gasteiger partial charge < -0.3 is 19.0 Å². The molecule has 0 radical (unpaired) electrons. The van der Waals surface area contributed by atoms with Crippen molar-refractivity contribution < 1.29 is 19.0 Å². The van der Waals surface area contributed by atoms with Gasteiger partial charge in [-0.2, -0.15) is 0 Å². The van der Waals surface area contributed by atoms with Crippen LogP contribution in [0.1, 0.15) is 26.2 Å². The van der Waals surface area contributed by atoms with Gasteiger partial charge in [-0.05, 0) is 6.42 Å². The third-order valence-electron chi connectivity index (χ3n) is 3.21. The van der Waals surface area contributed by atoms with Crippen LogP contribution in [0.15, 0.2) is 5.16 Å². The van der Waals surface area contributed by atoms with Gasteiger partial charge in [-0.25, -0.2) is 0 Å². The molecule has 0 aromatic carbocycles. The van der Waals surface area contributed by atoms with Crippen molar-refractivity contribution in [2.45, 2.75) is 44.5 Å². The molecule has 1 saturated heterocycles. The second kappa shape index (κ2) is 7.49. The van der Waals surface area contributed by atoms with Gasteiger partial charge in [-0.15, -0.1) is 6.42 Å². The summed E-state index contributed by atoms with van der Waals surface area (Å²) in [5, 5.41) is 3.82. The van der Waals surface area contributed by atoms with E-state index >= 15 is 0 Å². The molecule has 1 fully saturated rings. The second-order valence-corrected chi connectivity index (χ2v) is 4.79. The highest BCUT2D eigenvalue weighted by Gasteiger charge is 2.34. The van der Waals surface area contributed by atoms with Gasteiger partial charge >= 0.3 is 0 Å². The zero-order valence-corrected chi connectivity index (χ0v) is 11.3. The number of ether oxygens (including phenoxy) is 3. The van der Waals surface area contributed by atoms with E-state index in [0.717, 1.165) is 19.4 Å². The van der Waals surface area contributed by atoms with Gasteiger partial charge in [0.1, 0.15) is 17.9 Å². The van der Waals surface area contributed by atoms with Crippen LogP contribution in [0.25, 0.3) is 0 Å². The molecule has 2 aliphatic heterocycles. The Morgan fingerprint density at radius 3 is 2.89 bits per heavy atom. The van der Waals surface area contributed by atoms with Crippen molar-refractivity contribution in [3.05, 3.63) is 0 Å². The Labute approximate surface area is 114 Å². The third kappa shape index (κ3) is 4.20. The lowest BCUT2D eigenvalue weighted by Gasteiger charge is -2.31. The van der Waals surface area contributed by atoms with E-state index in [1.165, 1.54) is 0 Å². The number of hydrogen-bond donors (Lipinski definition) is 0. The molecule has 0 spiro atoms. The minimum absolute atomic E-state index is 0.0162. The van der Waals surface area contributed by atoms with Crippen LogP contribution >= 0.6 is 0 Å². The van der Waals surface area contributed by atoms with Gasteiger partial charge in [-0.3, -0.25) is 0 Å². The summed E-state index contributed by atoms with van der Waals surface area (Å²) in [6, 6.07) is 0. The minimum Gasteiger partial charge on any atom is -0.388 e. The molecule has 3 atom stereocenters. The van der Waals surface area contributed by atoms with Gasteiger partial charge in [0.2, 0.25) is 0 Å². The first kappa shape index (κ1) is 14.3. The van der Waals surface area contributed by atoms with E-state index in [1.807, 2.05) is 0 Å². The Balaban J connectivity index is 1.62. The lowest BCUT2D eigenvalue weighted by atomic mass is 10.1. The van der Waals surface area contributed by atoms with E-state index < -0.39 is 0 Å². The molecule has 5 nitrogen and oxygen atoms in total. The lowest BCUT2D eigenvalue weighted by molar-refractivity contribution is -0.183. The van der Waals surface area contributed by atoms with Crippen molar-refractivity contribution in [1.29, 1.82) is 0 Å². The van der Waals surface area contributed by atoms with Crippen LogP contribution in [0.5, 0.6) is 0 Å². The first-order valence-electron chi connectivity index (χ1n) is 6.83. The normalized spacial score (nSPS) is 30.5. The molecule has 0 N–H and O–H groups in total. The summed E-state index contributed by atoms with van der Waals surface area (Å²) in [5.41, 5.74) is 0.638. The highest BCUT2D eigenvalue weighted by Crippen LogP contribution is 2.20. The molecule has 0 amide bonds. The zero-order chi connectivity index (χ0) is 13.5. The van der Waals surface area contributed by atoms with Crippen molar-refractivity contribution in [3.8, 4) is 12.3 Å². The molecule has 2 heterocycles. The monoisotopic (exact) mass is 267 g/mol. The number of hydrogen-bond acceptors (Lipinski definition) is 5. The molecule has 106 valence electrons. The van der Waals surface area contributed by atoms with Crippen molar-refractivity contribution in [2.75, 3.05) is 26.4 Å². The van der Waals surface area contributed by atoms with Crippen LogP contribution in [-0.4, -0.2) is 50.5 Å². The second-order valence-electron chi connectivity index (χ2n) is 4.79. The summed E-state index contributed by atoms with van der Waals surface area (Å²) < 4.78 is 17.0. The number of rotatable bonds is 6. The maximum absolute atomic E-state index is 5.75. The Morgan fingerprint density at radius 2 is 2.26 bits per heavy atom. The SMILES string of the molecule is C#CC1=NO[C@H]([C@H]2CO[C@H](COCCCC)CO2)C1. The van der Waals surface area contributed by atoms with E-state index in [0.29, 0.717) is 32.0 Å². The summed E-state index contributed by atoms with van der Waals surface area (Å²) >= 11 is 0.